The Morgan fingerprint density at radius 2 is 1.06 bits per heavy atom. The summed E-state index contributed by atoms with van der Waals surface area (Å²) < 4.78 is 20.4. The van der Waals surface area contributed by atoms with Gasteiger partial charge in [0.15, 0.2) is 12.2 Å². The lowest BCUT2D eigenvalue weighted by Crippen LogP contribution is -2.64. The number of ether oxygens (including phenoxy) is 4. The molecule has 1 N–H and O–H groups in total. The molecule has 0 bridgehead atoms. The van der Waals surface area contributed by atoms with Crippen molar-refractivity contribution in [2.24, 2.45) is 0 Å². The van der Waals surface area contributed by atoms with E-state index in [1.807, 2.05) is 0 Å². The van der Waals surface area contributed by atoms with Gasteiger partial charge in [0.1, 0.15) is 0 Å². The quantitative estimate of drug-likeness (QED) is 0.275. The molecule has 9 heteroatoms. The third-order valence-corrected chi connectivity index (χ3v) is 6.17. The van der Waals surface area contributed by atoms with Crippen LogP contribution in [0.2, 0.25) is 0 Å². The van der Waals surface area contributed by atoms with Crippen LogP contribution in [0.4, 0.5) is 0 Å². The molecule has 3 aromatic carbocycles. The number of carbonyl (C=O) groups excluding carboxylic acids is 3. The first kappa shape index (κ1) is 25.6. The fourth-order valence-corrected chi connectivity index (χ4v) is 4.41. The third kappa shape index (κ3) is 5.81. The predicted octanol–water partition coefficient (Wildman–Crippen LogP) is 4.12. The highest BCUT2D eigenvalue weighted by molar-refractivity contribution is 9.10. The Labute approximate surface area is 215 Å². The van der Waals surface area contributed by atoms with E-state index < -0.39 is 47.0 Å². The minimum Gasteiger partial charge on any atom is -0.452 e. The molecule has 186 valence electrons. The highest BCUT2D eigenvalue weighted by Gasteiger charge is 2.58. The summed E-state index contributed by atoms with van der Waals surface area (Å²) in [7, 11) is 0. The number of hydrogen-bond acceptors (Lipinski definition) is 8. The van der Waals surface area contributed by atoms with E-state index in [2.05, 4.69) is 15.9 Å². The zero-order valence-corrected chi connectivity index (χ0v) is 20.7. The van der Waals surface area contributed by atoms with Gasteiger partial charge in [-0.1, -0.05) is 54.6 Å². The molecule has 8 nitrogen and oxygen atoms in total. The van der Waals surface area contributed by atoms with Gasteiger partial charge in [0, 0.05) is 0 Å². The maximum atomic E-state index is 13.0. The van der Waals surface area contributed by atoms with Crippen LogP contribution in [0.5, 0.6) is 0 Å². The van der Waals surface area contributed by atoms with Crippen molar-refractivity contribution in [1.29, 1.82) is 0 Å². The van der Waals surface area contributed by atoms with Gasteiger partial charge in [-0.15, -0.1) is 0 Å². The minimum absolute atomic E-state index is 0.199. The Bertz CT molecular complexity index is 1200. The van der Waals surface area contributed by atoms with Gasteiger partial charge in [-0.05, 0) is 59.3 Å². The van der Waals surface area contributed by atoms with Crippen molar-refractivity contribution in [2.75, 3.05) is 0 Å². The lowest BCUT2D eigenvalue weighted by molar-refractivity contribution is -0.291. The van der Waals surface area contributed by atoms with Gasteiger partial charge < -0.3 is 24.1 Å². The number of benzene rings is 3. The van der Waals surface area contributed by atoms with Gasteiger partial charge in [0.05, 0.1) is 22.8 Å². The van der Waals surface area contributed by atoms with E-state index in [-0.39, 0.29) is 16.7 Å². The van der Waals surface area contributed by atoms with Crippen LogP contribution in [-0.4, -0.2) is 52.1 Å². The number of rotatable bonds is 6. The van der Waals surface area contributed by atoms with Crippen molar-refractivity contribution in [3.05, 3.63) is 108 Å². The van der Waals surface area contributed by atoms with E-state index in [1.165, 1.54) is 19.1 Å². The standard InChI is InChI=1S/C27H23BrO8/c1-17-21(33-24(29)18-11-5-2-6-12-18)22(34-25(30)19-13-7-3-8-14-19)23(27(28,32)36-17)35-26(31)20-15-9-4-10-16-20/h2-17,21-23,32H,1H3/t17-,21-,22+,23+,27?/m0/s1. The molecule has 0 aliphatic carbocycles. The average Bonchev–Trinajstić information content (AvgIpc) is 2.89. The molecule has 0 aromatic heterocycles. The predicted molar refractivity (Wildman–Crippen MR) is 131 cm³/mol. The van der Waals surface area contributed by atoms with E-state index >= 15 is 0 Å². The molecule has 3 aromatic rings. The molecule has 0 radical (unpaired) electrons. The molecule has 1 aliphatic heterocycles. The Morgan fingerprint density at radius 3 is 1.47 bits per heavy atom. The molecule has 36 heavy (non-hydrogen) atoms. The summed E-state index contributed by atoms with van der Waals surface area (Å²) in [5.41, 5.74) is 0.678. The molecular weight excluding hydrogens is 532 g/mol. The zero-order valence-electron chi connectivity index (χ0n) is 19.2. The number of carbonyl (C=O) groups is 3. The third-order valence-electron chi connectivity index (χ3n) is 5.54. The van der Waals surface area contributed by atoms with E-state index in [1.54, 1.807) is 78.9 Å². The smallest absolute Gasteiger partial charge is 0.338 e. The van der Waals surface area contributed by atoms with Gasteiger partial charge in [-0.3, -0.25) is 0 Å². The fraction of sp³-hybridized carbons (Fsp3) is 0.222. The molecule has 4 rings (SSSR count). The molecule has 5 atom stereocenters. The number of halogens is 1. The van der Waals surface area contributed by atoms with Crippen LogP contribution in [0, 0.1) is 0 Å². The second kappa shape index (κ2) is 11.0. The first-order valence-corrected chi connectivity index (χ1v) is 11.9. The fourth-order valence-electron chi connectivity index (χ4n) is 3.76. The summed E-state index contributed by atoms with van der Waals surface area (Å²) in [4.78, 5) is 38.7. The summed E-state index contributed by atoms with van der Waals surface area (Å²) in [6, 6.07) is 24.4. The number of hydrogen-bond donors (Lipinski definition) is 1. The second-order valence-corrected chi connectivity index (χ2v) is 9.23. The summed E-state index contributed by atoms with van der Waals surface area (Å²) >= 11 is 3.05. The Balaban J connectivity index is 1.67. The van der Waals surface area contributed by atoms with Gasteiger partial charge in [0.2, 0.25) is 6.10 Å². The van der Waals surface area contributed by atoms with E-state index in [9.17, 15) is 19.5 Å². The van der Waals surface area contributed by atoms with E-state index in [4.69, 9.17) is 18.9 Å². The van der Waals surface area contributed by atoms with Crippen LogP contribution in [-0.2, 0) is 18.9 Å². The lowest BCUT2D eigenvalue weighted by Gasteiger charge is -2.45. The number of aliphatic hydroxyl groups is 1. The zero-order chi connectivity index (χ0) is 25.7. The molecule has 1 heterocycles. The van der Waals surface area contributed by atoms with Gasteiger partial charge in [-0.25, -0.2) is 14.4 Å². The second-order valence-electron chi connectivity index (χ2n) is 8.10. The number of esters is 3. The van der Waals surface area contributed by atoms with Gasteiger partial charge in [0.25, 0.3) is 4.70 Å². The van der Waals surface area contributed by atoms with Crippen molar-refractivity contribution in [3.8, 4) is 0 Å². The average molecular weight is 555 g/mol. The summed E-state index contributed by atoms with van der Waals surface area (Å²) in [6.45, 7) is 1.54. The molecule has 0 spiro atoms. The lowest BCUT2D eigenvalue weighted by atomic mass is 9.98. The van der Waals surface area contributed by atoms with Crippen LogP contribution in [0.25, 0.3) is 0 Å². The summed E-state index contributed by atoms with van der Waals surface area (Å²) in [5, 5.41) is 11.0. The van der Waals surface area contributed by atoms with E-state index in [0.29, 0.717) is 0 Å². The van der Waals surface area contributed by atoms with Crippen molar-refractivity contribution >= 4 is 33.8 Å². The molecule has 0 saturated carbocycles. The van der Waals surface area contributed by atoms with Crippen LogP contribution < -0.4 is 0 Å². The summed E-state index contributed by atoms with van der Waals surface area (Å²) in [5.74, 6) is -2.27. The van der Waals surface area contributed by atoms with Gasteiger partial charge in [-0.2, -0.15) is 0 Å². The molecule has 0 amide bonds. The maximum Gasteiger partial charge on any atom is 0.338 e. The van der Waals surface area contributed by atoms with Crippen LogP contribution >= 0.6 is 15.9 Å². The minimum atomic E-state index is -2.24. The molecule has 1 fully saturated rings. The molecule has 1 saturated heterocycles. The Morgan fingerprint density at radius 1 is 0.694 bits per heavy atom. The Kier molecular flexibility index (Phi) is 7.83. The van der Waals surface area contributed by atoms with Crippen molar-refractivity contribution in [1.82, 2.24) is 0 Å². The molecule has 1 aliphatic rings. The number of alkyl halides is 1. The summed E-state index contributed by atoms with van der Waals surface area (Å²) in [6.07, 6.45) is -5.20. The largest absolute Gasteiger partial charge is 0.452 e. The van der Waals surface area contributed by atoms with Crippen molar-refractivity contribution in [2.45, 2.75) is 36.0 Å². The highest BCUT2D eigenvalue weighted by Crippen LogP contribution is 2.38. The highest BCUT2D eigenvalue weighted by atomic mass is 79.9. The van der Waals surface area contributed by atoms with E-state index in [0.717, 1.165) is 0 Å². The SMILES string of the molecule is C[C@@H]1OC(O)(Br)[C@H](OC(=O)c2ccccc2)[C@H](OC(=O)c2ccccc2)[C@H]1OC(=O)c1ccccc1. The van der Waals surface area contributed by atoms with Crippen molar-refractivity contribution in [3.63, 3.8) is 0 Å². The molecule has 1 unspecified atom stereocenters. The Hall–Kier alpha value is -3.53. The van der Waals surface area contributed by atoms with Crippen molar-refractivity contribution < 1.29 is 38.4 Å². The van der Waals surface area contributed by atoms with Crippen LogP contribution in [0.15, 0.2) is 91.0 Å². The van der Waals surface area contributed by atoms with Crippen LogP contribution in [0.1, 0.15) is 38.0 Å². The van der Waals surface area contributed by atoms with Gasteiger partial charge >= 0.3 is 17.9 Å². The first-order chi connectivity index (χ1) is 17.3. The van der Waals surface area contributed by atoms with Crippen LogP contribution in [0.3, 0.4) is 0 Å². The normalized spacial score (nSPS) is 25.4. The molecular formula is C27H23BrO8. The topological polar surface area (TPSA) is 108 Å². The maximum absolute atomic E-state index is 13.0. The first-order valence-electron chi connectivity index (χ1n) is 11.1. The monoisotopic (exact) mass is 554 g/mol.